The SMILES string of the molecule is CCC(C)c1ccc2[nH]c(-c3ccc(Cl)c(C(F)(F)F)c3)c(CCCCN)c2c1. The molecular weight excluding hydrogens is 397 g/mol. The first kappa shape index (κ1) is 21.7. The second-order valence-electron chi connectivity index (χ2n) is 7.53. The Morgan fingerprint density at radius 3 is 2.52 bits per heavy atom. The van der Waals surface area contributed by atoms with E-state index < -0.39 is 11.7 Å². The summed E-state index contributed by atoms with van der Waals surface area (Å²) in [6.07, 6.45) is -0.976. The zero-order valence-corrected chi connectivity index (χ0v) is 17.4. The van der Waals surface area contributed by atoms with E-state index in [9.17, 15) is 13.2 Å². The highest BCUT2D eigenvalue weighted by Gasteiger charge is 2.33. The lowest BCUT2D eigenvalue weighted by Gasteiger charge is -2.12. The number of aromatic nitrogens is 1. The molecule has 0 radical (unpaired) electrons. The Morgan fingerprint density at radius 2 is 1.86 bits per heavy atom. The van der Waals surface area contributed by atoms with Gasteiger partial charge in [0.1, 0.15) is 0 Å². The van der Waals surface area contributed by atoms with Crippen LogP contribution in [0, 0.1) is 0 Å². The van der Waals surface area contributed by atoms with Gasteiger partial charge in [-0.05, 0) is 79.1 Å². The minimum Gasteiger partial charge on any atom is -0.354 e. The van der Waals surface area contributed by atoms with Crippen molar-refractivity contribution in [2.45, 2.75) is 51.6 Å². The lowest BCUT2D eigenvalue weighted by Crippen LogP contribution is -2.06. The van der Waals surface area contributed by atoms with E-state index >= 15 is 0 Å². The normalized spacial score (nSPS) is 13.2. The quantitative estimate of drug-likeness (QED) is 0.385. The van der Waals surface area contributed by atoms with Gasteiger partial charge in [0.15, 0.2) is 0 Å². The molecule has 1 unspecified atom stereocenters. The lowest BCUT2D eigenvalue weighted by molar-refractivity contribution is -0.137. The van der Waals surface area contributed by atoms with Gasteiger partial charge in [-0.1, -0.05) is 37.6 Å². The van der Waals surface area contributed by atoms with Gasteiger partial charge in [0.2, 0.25) is 0 Å². The molecule has 0 fully saturated rings. The van der Waals surface area contributed by atoms with Gasteiger partial charge in [-0.3, -0.25) is 0 Å². The Bertz CT molecular complexity index is 992. The fourth-order valence-electron chi connectivity index (χ4n) is 3.66. The maximum atomic E-state index is 13.4. The average molecular weight is 423 g/mol. The topological polar surface area (TPSA) is 41.8 Å². The molecule has 156 valence electrons. The fourth-order valence-corrected chi connectivity index (χ4v) is 3.88. The summed E-state index contributed by atoms with van der Waals surface area (Å²) in [5.74, 6) is 0.419. The molecule has 2 aromatic carbocycles. The first-order valence-corrected chi connectivity index (χ1v) is 10.4. The molecule has 2 nitrogen and oxygen atoms in total. The second-order valence-corrected chi connectivity index (χ2v) is 7.94. The van der Waals surface area contributed by atoms with Gasteiger partial charge < -0.3 is 10.7 Å². The van der Waals surface area contributed by atoms with Crippen LogP contribution >= 0.6 is 11.6 Å². The van der Waals surface area contributed by atoms with Gasteiger partial charge in [-0.2, -0.15) is 13.2 Å². The molecular formula is C23H26ClF3N2. The number of halogens is 4. The smallest absolute Gasteiger partial charge is 0.354 e. The highest BCUT2D eigenvalue weighted by molar-refractivity contribution is 6.31. The molecule has 0 aliphatic heterocycles. The summed E-state index contributed by atoms with van der Waals surface area (Å²) in [7, 11) is 0. The summed E-state index contributed by atoms with van der Waals surface area (Å²) >= 11 is 5.82. The van der Waals surface area contributed by atoms with Crippen LogP contribution in [0.3, 0.4) is 0 Å². The Morgan fingerprint density at radius 1 is 1.10 bits per heavy atom. The van der Waals surface area contributed by atoms with Gasteiger partial charge >= 0.3 is 6.18 Å². The van der Waals surface area contributed by atoms with Crippen molar-refractivity contribution in [3.8, 4) is 11.3 Å². The number of aryl methyl sites for hydroxylation is 1. The average Bonchev–Trinajstić information content (AvgIpc) is 3.05. The minimum absolute atomic E-state index is 0.291. The molecule has 0 bridgehead atoms. The largest absolute Gasteiger partial charge is 0.417 e. The number of unbranched alkanes of at least 4 members (excludes halogenated alkanes) is 1. The number of benzene rings is 2. The number of rotatable bonds is 7. The Kier molecular flexibility index (Phi) is 6.59. The van der Waals surface area contributed by atoms with Crippen LogP contribution in [0.25, 0.3) is 22.2 Å². The van der Waals surface area contributed by atoms with E-state index in [0.717, 1.165) is 53.9 Å². The van der Waals surface area contributed by atoms with Crippen LogP contribution in [0.15, 0.2) is 36.4 Å². The van der Waals surface area contributed by atoms with Crippen molar-refractivity contribution in [3.63, 3.8) is 0 Å². The van der Waals surface area contributed by atoms with E-state index in [0.29, 0.717) is 18.0 Å². The highest BCUT2D eigenvalue weighted by Crippen LogP contribution is 2.39. The number of fused-ring (bicyclic) bond motifs is 1. The summed E-state index contributed by atoms with van der Waals surface area (Å²) in [6, 6.07) is 10.4. The Labute approximate surface area is 174 Å². The van der Waals surface area contributed by atoms with E-state index in [2.05, 4.69) is 31.0 Å². The third kappa shape index (κ3) is 4.62. The first-order valence-electron chi connectivity index (χ1n) is 9.98. The molecule has 3 rings (SSSR count). The first-order chi connectivity index (χ1) is 13.8. The van der Waals surface area contributed by atoms with Crippen LogP contribution in [0.5, 0.6) is 0 Å². The molecule has 1 aromatic heterocycles. The Hall–Kier alpha value is -1.98. The molecule has 3 N–H and O–H groups in total. The number of nitrogens with one attached hydrogen (secondary N) is 1. The van der Waals surface area contributed by atoms with Crippen molar-refractivity contribution >= 4 is 22.5 Å². The predicted octanol–water partition coefficient (Wildman–Crippen LogP) is 7.30. The molecule has 0 aliphatic carbocycles. The standard InChI is InChI=1S/C23H26ClF3N2/c1-3-14(2)15-8-10-21-18(12-15)17(6-4-5-11-28)22(29-21)16-7-9-20(24)19(13-16)23(25,26)27/h7-10,12-14,29H,3-6,11,28H2,1-2H3. The van der Waals surface area contributed by atoms with Gasteiger partial charge in [0, 0.05) is 16.6 Å². The van der Waals surface area contributed by atoms with Crippen molar-refractivity contribution in [1.29, 1.82) is 0 Å². The van der Waals surface area contributed by atoms with Crippen molar-refractivity contribution in [2.24, 2.45) is 5.73 Å². The maximum Gasteiger partial charge on any atom is 0.417 e. The van der Waals surface area contributed by atoms with E-state index in [1.165, 1.54) is 11.6 Å². The van der Waals surface area contributed by atoms with Crippen molar-refractivity contribution in [1.82, 2.24) is 4.98 Å². The van der Waals surface area contributed by atoms with E-state index in [1.807, 2.05) is 6.07 Å². The molecule has 0 amide bonds. The number of nitrogens with two attached hydrogens (primary N) is 1. The van der Waals surface area contributed by atoms with Gasteiger partial charge in [0.05, 0.1) is 10.6 Å². The molecule has 0 saturated heterocycles. The monoisotopic (exact) mass is 422 g/mol. The summed E-state index contributed by atoms with van der Waals surface area (Å²) in [5.41, 5.74) is 9.25. The van der Waals surface area contributed by atoms with Gasteiger partial charge in [-0.25, -0.2) is 0 Å². The van der Waals surface area contributed by atoms with Crippen molar-refractivity contribution < 1.29 is 13.2 Å². The maximum absolute atomic E-state index is 13.4. The number of H-pyrrole nitrogens is 1. The van der Waals surface area contributed by atoms with Crippen LogP contribution in [0.4, 0.5) is 13.2 Å². The zero-order valence-electron chi connectivity index (χ0n) is 16.7. The molecule has 1 heterocycles. The second kappa shape index (κ2) is 8.80. The fraction of sp³-hybridized carbons (Fsp3) is 0.391. The van der Waals surface area contributed by atoms with Gasteiger partial charge in [0.25, 0.3) is 0 Å². The minimum atomic E-state index is -4.50. The van der Waals surface area contributed by atoms with E-state index in [1.54, 1.807) is 6.07 Å². The van der Waals surface area contributed by atoms with Gasteiger partial charge in [-0.15, -0.1) is 0 Å². The Balaban J connectivity index is 2.17. The zero-order chi connectivity index (χ0) is 21.2. The van der Waals surface area contributed by atoms with Crippen molar-refractivity contribution in [3.05, 3.63) is 58.1 Å². The molecule has 6 heteroatoms. The van der Waals surface area contributed by atoms with E-state index in [4.69, 9.17) is 17.3 Å². The summed E-state index contributed by atoms with van der Waals surface area (Å²) in [5, 5.41) is 0.777. The summed E-state index contributed by atoms with van der Waals surface area (Å²) in [4.78, 5) is 3.35. The molecule has 0 spiro atoms. The number of aromatic amines is 1. The number of hydrogen-bond donors (Lipinski definition) is 2. The molecule has 1 atom stereocenters. The van der Waals surface area contributed by atoms with Crippen LogP contribution < -0.4 is 5.73 Å². The summed E-state index contributed by atoms with van der Waals surface area (Å²) < 4.78 is 40.1. The van der Waals surface area contributed by atoms with Crippen LogP contribution in [0.2, 0.25) is 5.02 Å². The van der Waals surface area contributed by atoms with Crippen molar-refractivity contribution in [2.75, 3.05) is 6.54 Å². The number of hydrogen-bond acceptors (Lipinski definition) is 1. The lowest BCUT2D eigenvalue weighted by atomic mass is 9.94. The molecule has 29 heavy (non-hydrogen) atoms. The van der Waals surface area contributed by atoms with Crippen LogP contribution in [0.1, 0.15) is 55.7 Å². The number of alkyl halides is 3. The predicted molar refractivity (Wildman–Crippen MR) is 114 cm³/mol. The highest BCUT2D eigenvalue weighted by atomic mass is 35.5. The third-order valence-electron chi connectivity index (χ3n) is 5.55. The molecule has 0 saturated carbocycles. The molecule has 0 aliphatic rings. The van der Waals surface area contributed by atoms with Crippen LogP contribution in [-0.2, 0) is 12.6 Å². The molecule has 3 aromatic rings. The summed E-state index contributed by atoms with van der Waals surface area (Å²) in [6.45, 7) is 4.92. The third-order valence-corrected chi connectivity index (χ3v) is 5.88. The van der Waals surface area contributed by atoms with Crippen LogP contribution in [-0.4, -0.2) is 11.5 Å². The van der Waals surface area contributed by atoms with E-state index in [-0.39, 0.29) is 5.02 Å².